The minimum absolute atomic E-state index is 0.435. The lowest BCUT2D eigenvalue weighted by molar-refractivity contribution is 0.339. The van der Waals surface area contributed by atoms with Gasteiger partial charge in [0.1, 0.15) is 0 Å². The molecule has 1 aromatic carbocycles. The molecule has 0 amide bonds. The third-order valence-electron chi connectivity index (χ3n) is 3.72. The van der Waals surface area contributed by atoms with Crippen molar-refractivity contribution in [3.63, 3.8) is 0 Å². The number of aryl methyl sites for hydroxylation is 1. The van der Waals surface area contributed by atoms with Crippen LogP contribution in [0, 0.1) is 12.8 Å². The number of rotatable bonds is 3. The van der Waals surface area contributed by atoms with Crippen molar-refractivity contribution in [2.24, 2.45) is 11.7 Å². The zero-order chi connectivity index (χ0) is 12.3. The van der Waals surface area contributed by atoms with Crippen LogP contribution in [0.15, 0.2) is 18.2 Å². The first kappa shape index (κ1) is 12.2. The van der Waals surface area contributed by atoms with Crippen LogP contribution in [0.25, 0.3) is 0 Å². The number of nitrogen functional groups attached to an aromatic ring is 1. The summed E-state index contributed by atoms with van der Waals surface area (Å²) < 4.78 is 0. The van der Waals surface area contributed by atoms with Gasteiger partial charge in [0.05, 0.1) is 0 Å². The summed E-state index contributed by atoms with van der Waals surface area (Å²) >= 11 is 0. The van der Waals surface area contributed by atoms with Crippen molar-refractivity contribution in [1.82, 2.24) is 0 Å². The molecular formula is C14H23N3. The van der Waals surface area contributed by atoms with E-state index in [1.54, 1.807) is 0 Å². The van der Waals surface area contributed by atoms with E-state index < -0.39 is 0 Å². The number of nitrogens with one attached hydrogen (secondary N) is 1. The lowest BCUT2D eigenvalue weighted by Crippen LogP contribution is -2.29. The Labute approximate surface area is 104 Å². The molecule has 1 aliphatic rings. The second-order valence-corrected chi connectivity index (χ2v) is 5.24. The quantitative estimate of drug-likeness (QED) is 0.703. The summed E-state index contributed by atoms with van der Waals surface area (Å²) in [6.45, 7) is 3.15. The average molecular weight is 233 g/mol. The molecule has 5 N–H and O–H groups in total. The van der Waals surface area contributed by atoms with Gasteiger partial charge < -0.3 is 16.8 Å². The van der Waals surface area contributed by atoms with Gasteiger partial charge in [-0.2, -0.15) is 0 Å². The molecule has 1 aromatic rings. The highest BCUT2D eigenvalue weighted by Gasteiger charge is 2.18. The van der Waals surface area contributed by atoms with E-state index in [0.717, 1.165) is 18.2 Å². The van der Waals surface area contributed by atoms with E-state index in [1.165, 1.54) is 36.9 Å². The first-order chi connectivity index (χ1) is 8.15. The summed E-state index contributed by atoms with van der Waals surface area (Å²) in [7, 11) is 0. The summed E-state index contributed by atoms with van der Waals surface area (Å²) in [6, 6.07) is 6.47. The average Bonchev–Trinajstić information content (AvgIpc) is 2.30. The summed E-state index contributed by atoms with van der Waals surface area (Å²) in [5.74, 6) is 0.770. The van der Waals surface area contributed by atoms with Gasteiger partial charge >= 0.3 is 0 Å². The molecule has 0 bridgehead atoms. The predicted octanol–water partition coefficient (Wildman–Crippen LogP) is 2.51. The minimum atomic E-state index is 0.435. The van der Waals surface area contributed by atoms with Crippen LogP contribution < -0.4 is 16.8 Å². The van der Waals surface area contributed by atoms with Crippen molar-refractivity contribution in [3.05, 3.63) is 23.8 Å². The normalized spacial score (nSPS) is 24.6. The number of hydrogen-bond donors (Lipinski definition) is 3. The fourth-order valence-corrected chi connectivity index (χ4v) is 2.53. The molecule has 2 rings (SSSR count). The number of nitrogens with two attached hydrogens (primary N) is 2. The second kappa shape index (κ2) is 5.41. The van der Waals surface area contributed by atoms with Crippen LogP contribution in [0.5, 0.6) is 0 Å². The SMILES string of the molecule is Cc1cc(N)ccc1NC[C@H]1CC[C@H](N)CC1. The van der Waals surface area contributed by atoms with Crippen LogP contribution in [-0.2, 0) is 0 Å². The molecule has 1 aliphatic carbocycles. The molecule has 0 radical (unpaired) electrons. The lowest BCUT2D eigenvalue weighted by Gasteiger charge is -2.26. The fourth-order valence-electron chi connectivity index (χ4n) is 2.53. The van der Waals surface area contributed by atoms with Gasteiger partial charge in [0, 0.05) is 24.0 Å². The van der Waals surface area contributed by atoms with E-state index in [9.17, 15) is 0 Å². The van der Waals surface area contributed by atoms with E-state index in [2.05, 4.69) is 18.3 Å². The van der Waals surface area contributed by atoms with E-state index >= 15 is 0 Å². The van der Waals surface area contributed by atoms with Gasteiger partial charge in [-0.25, -0.2) is 0 Å². The van der Waals surface area contributed by atoms with Crippen molar-refractivity contribution in [1.29, 1.82) is 0 Å². The number of hydrogen-bond acceptors (Lipinski definition) is 3. The van der Waals surface area contributed by atoms with Gasteiger partial charge in [0.25, 0.3) is 0 Å². The van der Waals surface area contributed by atoms with Gasteiger partial charge in [0.2, 0.25) is 0 Å². The van der Waals surface area contributed by atoms with Crippen LogP contribution >= 0.6 is 0 Å². The monoisotopic (exact) mass is 233 g/mol. The maximum Gasteiger partial charge on any atom is 0.0371 e. The summed E-state index contributed by atoms with van der Waals surface area (Å²) in [6.07, 6.45) is 4.85. The van der Waals surface area contributed by atoms with Crippen molar-refractivity contribution < 1.29 is 0 Å². The highest BCUT2D eigenvalue weighted by atomic mass is 14.9. The topological polar surface area (TPSA) is 64.1 Å². The summed E-state index contributed by atoms with van der Waals surface area (Å²) in [4.78, 5) is 0. The van der Waals surface area contributed by atoms with E-state index in [-0.39, 0.29) is 0 Å². The van der Waals surface area contributed by atoms with Gasteiger partial charge in [-0.05, 0) is 62.3 Å². The summed E-state index contributed by atoms with van der Waals surface area (Å²) in [5.41, 5.74) is 14.9. The Kier molecular flexibility index (Phi) is 3.89. The summed E-state index contributed by atoms with van der Waals surface area (Å²) in [5, 5.41) is 3.53. The van der Waals surface area contributed by atoms with Crippen molar-refractivity contribution in [2.45, 2.75) is 38.6 Å². The first-order valence-corrected chi connectivity index (χ1v) is 6.50. The Hall–Kier alpha value is -1.22. The highest BCUT2D eigenvalue weighted by molar-refractivity contribution is 5.57. The standard InChI is InChI=1S/C14H23N3/c1-10-8-13(16)6-7-14(10)17-9-11-2-4-12(15)5-3-11/h6-8,11-12,17H,2-5,9,15-16H2,1H3/t11-,12-. The van der Waals surface area contributed by atoms with Crippen LogP contribution in [0.3, 0.4) is 0 Å². The van der Waals surface area contributed by atoms with Crippen LogP contribution in [0.2, 0.25) is 0 Å². The molecule has 0 saturated heterocycles. The van der Waals surface area contributed by atoms with Crippen LogP contribution in [0.1, 0.15) is 31.2 Å². The molecule has 0 spiro atoms. The molecule has 1 fully saturated rings. The van der Waals surface area contributed by atoms with Crippen molar-refractivity contribution in [3.8, 4) is 0 Å². The van der Waals surface area contributed by atoms with Crippen LogP contribution in [-0.4, -0.2) is 12.6 Å². The molecule has 0 heterocycles. The van der Waals surface area contributed by atoms with Crippen molar-refractivity contribution >= 4 is 11.4 Å². The maximum absolute atomic E-state index is 5.91. The maximum atomic E-state index is 5.91. The van der Waals surface area contributed by atoms with Crippen LogP contribution in [0.4, 0.5) is 11.4 Å². The Morgan fingerprint density at radius 3 is 2.59 bits per heavy atom. The Morgan fingerprint density at radius 1 is 1.24 bits per heavy atom. The molecule has 94 valence electrons. The molecular weight excluding hydrogens is 210 g/mol. The lowest BCUT2D eigenvalue weighted by atomic mass is 9.86. The molecule has 0 unspecified atom stereocenters. The van der Waals surface area contributed by atoms with Gasteiger partial charge in [0.15, 0.2) is 0 Å². The Bertz CT molecular complexity index is 368. The molecule has 3 heteroatoms. The van der Waals surface area contributed by atoms with Gasteiger partial charge in [-0.1, -0.05) is 0 Å². The highest BCUT2D eigenvalue weighted by Crippen LogP contribution is 2.24. The van der Waals surface area contributed by atoms with Gasteiger partial charge in [-0.15, -0.1) is 0 Å². The zero-order valence-corrected chi connectivity index (χ0v) is 10.6. The third-order valence-corrected chi connectivity index (χ3v) is 3.72. The molecule has 3 nitrogen and oxygen atoms in total. The molecule has 17 heavy (non-hydrogen) atoms. The predicted molar refractivity (Wildman–Crippen MR) is 74.0 cm³/mol. The smallest absolute Gasteiger partial charge is 0.0371 e. The largest absolute Gasteiger partial charge is 0.399 e. The Balaban J connectivity index is 1.85. The second-order valence-electron chi connectivity index (χ2n) is 5.24. The molecule has 0 atom stereocenters. The fraction of sp³-hybridized carbons (Fsp3) is 0.571. The number of anilines is 2. The third kappa shape index (κ3) is 3.37. The molecule has 0 aliphatic heterocycles. The molecule has 0 aromatic heterocycles. The number of benzene rings is 1. The van der Waals surface area contributed by atoms with E-state index in [1.807, 2.05) is 12.1 Å². The first-order valence-electron chi connectivity index (χ1n) is 6.50. The molecule has 1 saturated carbocycles. The van der Waals surface area contributed by atoms with E-state index in [4.69, 9.17) is 11.5 Å². The Morgan fingerprint density at radius 2 is 1.94 bits per heavy atom. The minimum Gasteiger partial charge on any atom is -0.399 e. The van der Waals surface area contributed by atoms with E-state index in [0.29, 0.717) is 6.04 Å². The van der Waals surface area contributed by atoms with Gasteiger partial charge in [-0.3, -0.25) is 0 Å². The zero-order valence-electron chi connectivity index (χ0n) is 10.6. The van der Waals surface area contributed by atoms with Crippen molar-refractivity contribution in [2.75, 3.05) is 17.6 Å².